The predicted molar refractivity (Wildman–Crippen MR) is 261 cm³/mol. The molecule has 1 rings (SSSR count). The molecule has 0 spiro atoms. The van der Waals surface area contributed by atoms with E-state index in [1.54, 1.807) is 0 Å². The first-order valence-electron chi connectivity index (χ1n) is 26.7. The minimum Gasteiger partial charge on any atom is -0.394 e. The van der Waals surface area contributed by atoms with E-state index in [4.69, 9.17) is 9.47 Å². The summed E-state index contributed by atoms with van der Waals surface area (Å²) in [5.74, 6) is -0.671. The molecule has 1 saturated heterocycles. The van der Waals surface area contributed by atoms with Crippen LogP contribution in [0.4, 0.5) is 0 Å². The van der Waals surface area contributed by atoms with Crippen molar-refractivity contribution in [3.05, 3.63) is 12.2 Å². The zero-order valence-corrected chi connectivity index (χ0v) is 42.0. The molecule has 1 fully saturated rings. The van der Waals surface area contributed by atoms with Crippen LogP contribution in [0.1, 0.15) is 245 Å². The Kier molecular flexibility index (Phi) is 39.7. The number of amides is 1. The van der Waals surface area contributed by atoms with E-state index in [9.17, 15) is 43.3 Å². The van der Waals surface area contributed by atoms with E-state index in [-0.39, 0.29) is 6.42 Å². The second-order valence-corrected chi connectivity index (χ2v) is 20.0. The fraction of sp³-hybridized carbons (Fsp3) is 0.941. The van der Waals surface area contributed by atoms with Crippen LogP contribution in [-0.2, 0) is 28.9 Å². The van der Waals surface area contributed by atoms with Crippen LogP contribution < -0.4 is 5.32 Å². The van der Waals surface area contributed by atoms with Gasteiger partial charge in [0.1, 0.15) is 30.5 Å². The van der Waals surface area contributed by atoms with Crippen molar-refractivity contribution in [2.75, 3.05) is 13.2 Å². The van der Waals surface area contributed by atoms with Gasteiger partial charge in [-0.2, -0.15) is 8.42 Å². The molecule has 13 nitrogen and oxygen atoms in total. The third-order valence-electron chi connectivity index (χ3n) is 12.9. The fourth-order valence-corrected chi connectivity index (χ4v) is 9.21. The molecule has 8 atom stereocenters. The van der Waals surface area contributed by atoms with E-state index in [1.807, 2.05) is 0 Å². The van der Waals surface area contributed by atoms with Gasteiger partial charge >= 0.3 is 10.4 Å². The summed E-state index contributed by atoms with van der Waals surface area (Å²) in [7, 11) is -5.11. The van der Waals surface area contributed by atoms with Crippen molar-refractivity contribution in [1.29, 1.82) is 0 Å². The van der Waals surface area contributed by atoms with E-state index in [2.05, 4.69) is 35.5 Å². The highest BCUT2D eigenvalue weighted by atomic mass is 32.3. The fourth-order valence-electron chi connectivity index (χ4n) is 8.70. The maximum atomic E-state index is 13.2. The molecule has 0 bridgehead atoms. The summed E-state index contributed by atoms with van der Waals surface area (Å²) in [5.41, 5.74) is 0. The molecular formula is C51H99NO12S. The Morgan fingerprint density at radius 3 is 1.38 bits per heavy atom. The number of aliphatic hydroxyl groups excluding tert-OH is 5. The van der Waals surface area contributed by atoms with Gasteiger partial charge in [0.25, 0.3) is 0 Å². The molecule has 0 aromatic rings. The summed E-state index contributed by atoms with van der Waals surface area (Å²) in [5, 5.41) is 55.6. The maximum absolute atomic E-state index is 13.2. The van der Waals surface area contributed by atoms with Crippen molar-refractivity contribution in [2.24, 2.45) is 0 Å². The molecule has 8 unspecified atom stereocenters. The summed E-state index contributed by atoms with van der Waals surface area (Å²) in [4.78, 5) is 13.2. The third-order valence-corrected chi connectivity index (χ3v) is 13.4. The van der Waals surface area contributed by atoms with E-state index in [0.29, 0.717) is 19.3 Å². The van der Waals surface area contributed by atoms with Gasteiger partial charge in [-0.05, 0) is 38.5 Å². The quantitative estimate of drug-likeness (QED) is 0.0173. The zero-order valence-electron chi connectivity index (χ0n) is 41.2. The molecule has 14 heteroatoms. The molecule has 1 heterocycles. The van der Waals surface area contributed by atoms with E-state index >= 15 is 0 Å². The Morgan fingerprint density at radius 2 is 0.985 bits per heavy atom. The summed E-state index contributed by atoms with van der Waals surface area (Å²) < 4.78 is 47.7. The number of carbonyl (C=O) groups excluding carboxylic acids is 1. The van der Waals surface area contributed by atoms with Crippen molar-refractivity contribution in [3.63, 3.8) is 0 Å². The molecule has 0 saturated carbocycles. The first-order valence-corrected chi connectivity index (χ1v) is 28.0. The molecule has 1 aliphatic rings. The summed E-state index contributed by atoms with van der Waals surface area (Å²) >= 11 is 0. The zero-order chi connectivity index (χ0) is 47.8. The second kappa shape index (κ2) is 41.7. The van der Waals surface area contributed by atoms with Crippen molar-refractivity contribution in [1.82, 2.24) is 5.32 Å². The van der Waals surface area contributed by atoms with E-state index in [0.717, 1.165) is 57.8 Å². The van der Waals surface area contributed by atoms with Crippen LogP contribution in [0, 0.1) is 0 Å². The Bertz CT molecular complexity index is 1230. The number of hydrogen-bond donors (Lipinski definition) is 7. The van der Waals surface area contributed by atoms with Gasteiger partial charge in [0.15, 0.2) is 6.29 Å². The first-order chi connectivity index (χ1) is 31.4. The SMILES string of the molecule is CCCCCCCCCC/C=C\CCCCCCCCC(O)C(=O)NC(COC1OC(CO)C(O)C(OS(=O)(=O)O)C1O)C(O)CCCCCCCCCCCCCCCCCCCC. The molecule has 1 amide bonds. The van der Waals surface area contributed by atoms with Crippen molar-refractivity contribution < 1.29 is 57.0 Å². The summed E-state index contributed by atoms with van der Waals surface area (Å²) in [6.07, 6.45) is 35.3. The third kappa shape index (κ3) is 33.9. The van der Waals surface area contributed by atoms with Gasteiger partial charge in [-0.25, -0.2) is 4.18 Å². The molecule has 0 radical (unpaired) electrons. The second-order valence-electron chi connectivity index (χ2n) is 19.0. The van der Waals surface area contributed by atoms with Crippen molar-refractivity contribution in [3.8, 4) is 0 Å². The number of unbranched alkanes of at least 4 members (excludes halogenated alkanes) is 31. The number of allylic oxidation sites excluding steroid dienone is 2. The number of ether oxygens (including phenoxy) is 2. The minimum absolute atomic E-state index is 0.255. The normalized spacial score (nSPS) is 20.6. The number of hydrogen-bond acceptors (Lipinski definition) is 11. The van der Waals surface area contributed by atoms with Gasteiger partial charge in [0, 0.05) is 0 Å². The average molecular weight is 950 g/mol. The van der Waals surface area contributed by atoms with Crippen LogP contribution >= 0.6 is 0 Å². The van der Waals surface area contributed by atoms with Crippen LogP contribution in [0.2, 0.25) is 0 Å². The lowest BCUT2D eigenvalue weighted by atomic mass is 9.99. The van der Waals surface area contributed by atoms with Gasteiger partial charge in [-0.1, -0.05) is 219 Å². The lowest BCUT2D eigenvalue weighted by molar-refractivity contribution is -0.298. The smallest absolute Gasteiger partial charge is 0.394 e. The maximum Gasteiger partial charge on any atom is 0.397 e. The molecule has 386 valence electrons. The number of carbonyl (C=O) groups is 1. The highest BCUT2D eigenvalue weighted by molar-refractivity contribution is 7.80. The lowest BCUT2D eigenvalue weighted by Gasteiger charge is -2.41. The summed E-state index contributed by atoms with van der Waals surface area (Å²) in [6, 6.07) is -1.03. The lowest BCUT2D eigenvalue weighted by Crippen LogP contribution is -2.61. The molecule has 65 heavy (non-hydrogen) atoms. The molecule has 1 aliphatic heterocycles. The van der Waals surface area contributed by atoms with Crippen LogP contribution in [0.15, 0.2) is 12.2 Å². The number of rotatable bonds is 46. The molecule has 0 aromatic heterocycles. The first kappa shape index (κ1) is 61.8. The van der Waals surface area contributed by atoms with Crippen molar-refractivity contribution >= 4 is 16.3 Å². The van der Waals surface area contributed by atoms with Gasteiger partial charge in [-0.3, -0.25) is 9.35 Å². The largest absolute Gasteiger partial charge is 0.397 e. The molecule has 0 aromatic carbocycles. The Balaban J connectivity index is 2.48. The predicted octanol–water partition coefficient (Wildman–Crippen LogP) is 10.5. The Hall–Kier alpha value is -1.20. The molecule has 7 N–H and O–H groups in total. The van der Waals surface area contributed by atoms with Crippen LogP contribution in [0.3, 0.4) is 0 Å². The number of aliphatic hydroxyl groups is 5. The van der Waals surface area contributed by atoms with Crippen molar-refractivity contribution in [2.45, 2.75) is 294 Å². The monoisotopic (exact) mass is 950 g/mol. The van der Waals surface area contributed by atoms with Crippen LogP contribution in [-0.4, -0.2) is 107 Å². The minimum atomic E-state index is -5.11. The molecular weight excluding hydrogens is 851 g/mol. The average Bonchev–Trinajstić information content (AvgIpc) is 3.28. The number of nitrogens with one attached hydrogen (secondary N) is 1. The van der Waals surface area contributed by atoms with E-state index < -0.39 is 78.5 Å². The standard InChI is InChI=1S/C51H99NO12S/c1-3-5-7-9-11-13-15-17-19-21-23-25-27-29-31-33-35-37-39-44(54)43(42-62-51-48(57)49(64-65(59,60)61)47(56)46(41-53)63-51)52-50(58)45(55)40-38-36-34-32-30-28-26-24-22-20-18-16-14-12-10-8-6-4-2/h22,24,43-49,51,53-57H,3-21,23,25-42H2,1-2H3,(H,52,58)(H,59,60,61)/b24-22-. The van der Waals surface area contributed by atoms with E-state index in [1.165, 1.54) is 148 Å². The Labute approximate surface area is 396 Å². The highest BCUT2D eigenvalue weighted by Gasteiger charge is 2.48. The molecule has 0 aliphatic carbocycles. The summed E-state index contributed by atoms with van der Waals surface area (Å²) in [6.45, 7) is 3.31. The topological polar surface area (TPSA) is 212 Å². The van der Waals surface area contributed by atoms with Crippen LogP contribution in [0.25, 0.3) is 0 Å². The van der Waals surface area contributed by atoms with Gasteiger partial charge in [-0.15, -0.1) is 0 Å². The van der Waals surface area contributed by atoms with Gasteiger partial charge < -0.3 is 40.3 Å². The van der Waals surface area contributed by atoms with Gasteiger partial charge in [0.2, 0.25) is 5.91 Å². The highest BCUT2D eigenvalue weighted by Crippen LogP contribution is 2.26. The van der Waals surface area contributed by atoms with Gasteiger partial charge in [0.05, 0.1) is 25.4 Å². The van der Waals surface area contributed by atoms with Crippen LogP contribution in [0.5, 0.6) is 0 Å². The Morgan fingerprint density at radius 1 is 0.600 bits per heavy atom.